The Morgan fingerprint density at radius 2 is 2.17 bits per heavy atom. The monoisotopic (exact) mass is 207 g/mol. The van der Waals surface area contributed by atoms with Crippen LogP contribution in [0.5, 0.6) is 0 Å². The summed E-state index contributed by atoms with van der Waals surface area (Å²) in [5, 5.41) is 0.465. The first-order valence-corrected chi connectivity index (χ1v) is 4.33. The van der Waals surface area contributed by atoms with Crippen LogP contribution >= 0.6 is 23.2 Å². The third kappa shape index (κ3) is 2.09. The summed E-state index contributed by atoms with van der Waals surface area (Å²) in [6.07, 6.45) is 0. The lowest BCUT2D eigenvalue weighted by molar-refractivity contribution is 0.595. The van der Waals surface area contributed by atoms with E-state index >= 15 is 0 Å². The average Bonchev–Trinajstić information content (AvgIpc) is 2.08. The van der Waals surface area contributed by atoms with Crippen LogP contribution in [0.4, 0.5) is 4.39 Å². The minimum Gasteiger partial charge on any atom is -0.323 e. The van der Waals surface area contributed by atoms with Gasteiger partial charge in [-0.15, -0.1) is 11.6 Å². The predicted octanol–water partition coefficient (Wildman–Crippen LogP) is 2.72. The van der Waals surface area contributed by atoms with E-state index in [0.29, 0.717) is 10.6 Å². The van der Waals surface area contributed by atoms with Crippen LogP contribution in [0, 0.1) is 5.82 Å². The molecule has 0 radical (unpaired) electrons. The Morgan fingerprint density at radius 3 is 2.75 bits per heavy atom. The second-order valence-electron chi connectivity index (χ2n) is 2.43. The van der Waals surface area contributed by atoms with Gasteiger partial charge in [0.25, 0.3) is 0 Å². The summed E-state index contributed by atoms with van der Waals surface area (Å²) < 4.78 is 13.0. The first-order chi connectivity index (χ1) is 5.65. The molecule has 0 bridgehead atoms. The Labute approximate surface area is 80.3 Å². The lowest BCUT2D eigenvalue weighted by Crippen LogP contribution is -2.13. The van der Waals surface area contributed by atoms with Crippen LogP contribution in [0.1, 0.15) is 11.6 Å². The Morgan fingerprint density at radius 1 is 1.50 bits per heavy atom. The highest BCUT2D eigenvalue weighted by molar-refractivity contribution is 6.30. The molecule has 1 aromatic rings. The van der Waals surface area contributed by atoms with Crippen molar-refractivity contribution in [3.8, 4) is 0 Å². The second-order valence-corrected chi connectivity index (χ2v) is 3.17. The first kappa shape index (κ1) is 9.78. The average molecular weight is 208 g/mol. The van der Waals surface area contributed by atoms with Gasteiger partial charge < -0.3 is 5.73 Å². The maximum Gasteiger partial charge on any atom is 0.128 e. The van der Waals surface area contributed by atoms with Gasteiger partial charge in [-0.05, 0) is 18.2 Å². The minimum absolute atomic E-state index is 0.178. The molecule has 0 amide bonds. The van der Waals surface area contributed by atoms with Gasteiger partial charge in [-0.3, -0.25) is 0 Å². The number of rotatable bonds is 2. The molecule has 0 saturated carbocycles. The van der Waals surface area contributed by atoms with Crippen molar-refractivity contribution in [3.05, 3.63) is 34.6 Å². The fourth-order valence-electron chi connectivity index (χ4n) is 0.882. The van der Waals surface area contributed by atoms with Crippen molar-refractivity contribution in [2.45, 2.75) is 6.04 Å². The first-order valence-electron chi connectivity index (χ1n) is 3.41. The zero-order valence-corrected chi connectivity index (χ0v) is 7.74. The van der Waals surface area contributed by atoms with Crippen LogP contribution in [-0.2, 0) is 0 Å². The van der Waals surface area contributed by atoms with E-state index in [1.54, 1.807) is 0 Å². The number of halogens is 3. The second kappa shape index (κ2) is 4.08. The van der Waals surface area contributed by atoms with Crippen LogP contribution in [0.3, 0.4) is 0 Å². The lowest BCUT2D eigenvalue weighted by atomic mass is 10.1. The number of hydrogen-bond acceptors (Lipinski definition) is 1. The summed E-state index contributed by atoms with van der Waals surface area (Å²) in [6.45, 7) is 0. The molecule has 1 rings (SSSR count). The van der Waals surface area contributed by atoms with Crippen LogP contribution in [0.2, 0.25) is 5.02 Å². The zero-order chi connectivity index (χ0) is 9.14. The molecule has 0 spiro atoms. The number of nitrogens with two attached hydrogens (primary N) is 1. The molecule has 1 atom stereocenters. The van der Waals surface area contributed by atoms with Crippen LogP contribution in [0.25, 0.3) is 0 Å². The number of alkyl halides is 1. The molecule has 0 heterocycles. The van der Waals surface area contributed by atoms with E-state index in [-0.39, 0.29) is 11.7 Å². The fourth-order valence-corrected chi connectivity index (χ4v) is 1.23. The van der Waals surface area contributed by atoms with E-state index in [9.17, 15) is 4.39 Å². The molecule has 0 aliphatic rings. The normalized spacial score (nSPS) is 13.0. The van der Waals surface area contributed by atoms with Gasteiger partial charge in [0.05, 0.1) is 0 Å². The van der Waals surface area contributed by atoms with Crippen LogP contribution in [0.15, 0.2) is 18.2 Å². The minimum atomic E-state index is -0.495. The molecule has 1 aromatic carbocycles. The quantitative estimate of drug-likeness (QED) is 0.743. The molecule has 66 valence electrons. The highest BCUT2D eigenvalue weighted by Crippen LogP contribution is 2.20. The number of benzene rings is 1. The van der Waals surface area contributed by atoms with Crippen LogP contribution in [-0.4, -0.2) is 5.88 Å². The smallest absolute Gasteiger partial charge is 0.128 e. The van der Waals surface area contributed by atoms with E-state index < -0.39 is 6.04 Å². The van der Waals surface area contributed by atoms with Crippen LogP contribution < -0.4 is 5.73 Å². The molecule has 0 aromatic heterocycles. The largest absolute Gasteiger partial charge is 0.323 e. The van der Waals surface area contributed by atoms with E-state index in [4.69, 9.17) is 28.9 Å². The Kier molecular flexibility index (Phi) is 3.32. The van der Waals surface area contributed by atoms with Gasteiger partial charge in [0.15, 0.2) is 0 Å². The lowest BCUT2D eigenvalue weighted by Gasteiger charge is -2.08. The predicted molar refractivity (Wildman–Crippen MR) is 49.1 cm³/mol. The maximum absolute atomic E-state index is 13.0. The fraction of sp³-hybridized carbons (Fsp3) is 0.250. The molecular weight excluding hydrogens is 200 g/mol. The summed E-state index contributed by atoms with van der Waals surface area (Å²) in [4.78, 5) is 0. The molecular formula is C8H8Cl2FN. The van der Waals surface area contributed by atoms with Gasteiger partial charge in [-0.1, -0.05) is 11.6 Å². The molecule has 4 heteroatoms. The van der Waals surface area contributed by atoms with Gasteiger partial charge >= 0.3 is 0 Å². The Balaban J connectivity index is 3.04. The van der Waals surface area contributed by atoms with Crippen molar-refractivity contribution in [3.63, 3.8) is 0 Å². The molecule has 2 N–H and O–H groups in total. The summed E-state index contributed by atoms with van der Waals surface area (Å²) in [5.74, 6) is -0.190. The summed E-state index contributed by atoms with van der Waals surface area (Å²) in [6, 6.07) is 3.75. The third-order valence-electron chi connectivity index (χ3n) is 1.52. The van der Waals surface area contributed by atoms with E-state index in [0.717, 1.165) is 0 Å². The number of hydrogen-bond donors (Lipinski definition) is 1. The SMILES string of the molecule is NC(CCl)c1cc(Cl)ccc1F. The summed E-state index contributed by atoms with van der Waals surface area (Å²) in [7, 11) is 0. The van der Waals surface area contributed by atoms with Crippen molar-refractivity contribution >= 4 is 23.2 Å². The van der Waals surface area contributed by atoms with Gasteiger partial charge in [0.1, 0.15) is 5.82 Å². The van der Waals surface area contributed by atoms with E-state index in [1.165, 1.54) is 18.2 Å². The van der Waals surface area contributed by atoms with Crippen molar-refractivity contribution in [1.29, 1.82) is 0 Å². The van der Waals surface area contributed by atoms with Gasteiger partial charge in [0, 0.05) is 22.5 Å². The molecule has 12 heavy (non-hydrogen) atoms. The zero-order valence-electron chi connectivity index (χ0n) is 6.23. The Bertz CT molecular complexity index is 278. The van der Waals surface area contributed by atoms with Crippen molar-refractivity contribution < 1.29 is 4.39 Å². The highest BCUT2D eigenvalue weighted by Gasteiger charge is 2.10. The standard InChI is InChI=1S/C8H8Cl2FN/c9-4-8(12)6-3-5(10)1-2-7(6)11/h1-3,8H,4,12H2. The third-order valence-corrected chi connectivity index (χ3v) is 2.09. The summed E-state index contributed by atoms with van der Waals surface area (Å²) >= 11 is 11.1. The molecule has 1 unspecified atom stereocenters. The van der Waals surface area contributed by atoms with Crippen molar-refractivity contribution in [1.82, 2.24) is 0 Å². The van der Waals surface area contributed by atoms with Crippen molar-refractivity contribution in [2.24, 2.45) is 5.73 Å². The molecule has 1 nitrogen and oxygen atoms in total. The highest BCUT2D eigenvalue weighted by atomic mass is 35.5. The van der Waals surface area contributed by atoms with E-state index in [1.807, 2.05) is 0 Å². The van der Waals surface area contributed by atoms with E-state index in [2.05, 4.69) is 0 Å². The van der Waals surface area contributed by atoms with Gasteiger partial charge in [0.2, 0.25) is 0 Å². The van der Waals surface area contributed by atoms with Gasteiger partial charge in [-0.2, -0.15) is 0 Å². The topological polar surface area (TPSA) is 26.0 Å². The van der Waals surface area contributed by atoms with Crippen molar-refractivity contribution in [2.75, 3.05) is 5.88 Å². The Hall–Kier alpha value is -0.310. The molecule has 0 aliphatic carbocycles. The maximum atomic E-state index is 13.0. The molecule has 0 aliphatic heterocycles. The summed E-state index contributed by atoms with van der Waals surface area (Å²) in [5.41, 5.74) is 5.89. The van der Waals surface area contributed by atoms with Gasteiger partial charge in [-0.25, -0.2) is 4.39 Å². The molecule has 0 saturated heterocycles. The molecule has 0 fully saturated rings.